The maximum Gasteiger partial charge on any atom is 0.221 e. The molecule has 5 nitrogen and oxygen atoms in total. The first kappa shape index (κ1) is 14.2. The van der Waals surface area contributed by atoms with E-state index in [0.717, 1.165) is 10.9 Å². The lowest BCUT2D eigenvalue weighted by molar-refractivity contribution is 0.0514. The van der Waals surface area contributed by atoms with Crippen molar-refractivity contribution >= 4 is 27.7 Å². The molecule has 96 valence electrons. The highest BCUT2D eigenvalue weighted by atomic mass is 79.9. The van der Waals surface area contributed by atoms with E-state index in [1.165, 1.54) is 0 Å². The van der Waals surface area contributed by atoms with Gasteiger partial charge in [0, 0.05) is 12.7 Å². The smallest absolute Gasteiger partial charge is 0.221 e. The van der Waals surface area contributed by atoms with Crippen LogP contribution < -0.4 is 11.1 Å². The van der Waals surface area contributed by atoms with E-state index in [-0.39, 0.29) is 5.95 Å². The number of aromatic nitrogens is 2. The van der Waals surface area contributed by atoms with Crippen molar-refractivity contribution in [2.45, 2.75) is 32.8 Å². The van der Waals surface area contributed by atoms with Gasteiger partial charge in [-0.15, -0.1) is 0 Å². The van der Waals surface area contributed by atoms with Crippen molar-refractivity contribution in [2.24, 2.45) is 5.92 Å². The lowest BCUT2D eigenvalue weighted by Gasteiger charge is -2.26. The first-order valence-electron chi connectivity index (χ1n) is 5.54. The van der Waals surface area contributed by atoms with E-state index in [0.29, 0.717) is 18.3 Å². The summed E-state index contributed by atoms with van der Waals surface area (Å²) in [5.41, 5.74) is 4.73. The summed E-state index contributed by atoms with van der Waals surface area (Å²) in [4.78, 5) is 7.90. The van der Waals surface area contributed by atoms with Crippen LogP contribution in [0.3, 0.4) is 0 Å². The maximum atomic E-state index is 10.2. The van der Waals surface area contributed by atoms with Gasteiger partial charge in [-0.25, -0.2) is 4.98 Å². The van der Waals surface area contributed by atoms with Crippen LogP contribution in [0.4, 0.5) is 11.8 Å². The number of nitrogens with two attached hydrogens (primary N) is 1. The van der Waals surface area contributed by atoms with E-state index in [1.807, 2.05) is 0 Å². The minimum absolute atomic E-state index is 0.208. The molecule has 0 amide bonds. The number of anilines is 2. The number of hydrogen-bond acceptors (Lipinski definition) is 5. The van der Waals surface area contributed by atoms with Gasteiger partial charge in [0.15, 0.2) is 0 Å². The van der Waals surface area contributed by atoms with Crippen molar-refractivity contribution in [3.63, 3.8) is 0 Å². The lowest BCUT2D eigenvalue weighted by Crippen LogP contribution is -2.35. The third-order valence-corrected chi connectivity index (χ3v) is 2.83. The molecule has 1 unspecified atom stereocenters. The standard InChI is InChI=1S/C11H19BrN4O/c1-7(2)4-11(3,17)6-15-9-8(12)5-14-10(13)16-9/h5,7,17H,4,6H2,1-3H3,(H3,13,14,15,16). The molecule has 1 aromatic rings. The van der Waals surface area contributed by atoms with Gasteiger partial charge >= 0.3 is 0 Å². The van der Waals surface area contributed by atoms with Crippen LogP contribution in [0.25, 0.3) is 0 Å². The molecule has 0 aliphatic rings. The molecule has 0 aromatic carbocycles. The molecule has 6 heteroatoms. The molecule has 0 bridgehead atoms. The van der Waals surface area contributed by atoms with E-state index < -0.39 is 5.60 Å². The minimum Gasteiger partial charge on any atom is -0.388 e. The molecule has 17 heavy (non-hydrogen) atoms. The van der Waals surface area contributed by atoms with Crippen LogP contribution in [-0.2, 0) is 0 Å². The second-order valence-corrected chi connectivity index (χ2v) is 5.73. The van der Waals surface area contributed by atoms with Crippen molar-refractivity contribution in [1.82, 2.24) is 9.97 Å². The molecule has 0 fully saturated rings. The third-order valence-electron chi connectivity index (χ3n) is 2.25. The highest BCUT2D eigenvalue weighted by Crippen LogP contribution is 2.22. The van der Waals surface area contributed by atoms with Crippen LogP contribution in [0.15, 0.2) is 10.7 Å². The molecule has 4 N–H and O–H groups in total. The number of aliphatic hydroxyl groups is 1. The Bertz CT molecular complexity index is 382. The average molecular weight is 303 g/mol. The van der Waals surface area contributed by atoms with Gasteiger partial charge in [-0.05, 0) is 35.2 Å². The van der Waals surface area contributed by atoms with E-state index in [2.05, 4.69) is 45.1 Å². The zero-order valence-corrected chi connectivity index (χ0v) is 12.0. The fraction of sp³-hybridized carbons (Fsp3) is 0.636. The SMILES string of the molecule is CC(C)CC(C)(O)CNc1nc(N)ncc1Br. The van der Waals surface area contributed by atoms with Crippen LogP contribution in [-0.4, -0.2) is 27.2 Å². The average Bonchev–Trinajstić information content (AvgIpc) is 2.17. The van der Waals surface area contributed by atoms with Crippen LogP contribution in [0, 0.1) is 5.92 Å². The van der Waals surface area contributed by atoms with Crippen molar-refractivity contribution in [3.05, 3.63) is 10.7 Å². The number of rotatable bonds is 5. The quantitative estimate of drug-likeness (QED) is 0.775. The Balaban J connectivity index is 2.63. The summed E-state index contributed by atoms with van der Waals surface area (Å²) in [6.07, 6.45) is 2.31. The van der Waals surface area contributed by atoms with Gasteiger partial charge in [0.2, 0.25) is 5.95 Å². The van der Waals surface area contributed by atoms with Gasteiger partial charge in [0.1, 0.15) is 5.82 Å². The molecule has 0 saturated heterocycles. The molecule has 0 spiro atoms. The van der Waals surface area contributed by atoms with Crippen molar-refractivity contribution < 1.29 is 5.11 Å². The molecule has 0 aliphatic carbocycles. The second-order valence-electron chi connectivity index (χ2n) is 4.87. The van der Waals surface area contributed by atoms with Crippen LogP contribution in [0.2, 0.25) is 0 Å². The first-order valence-corrected chi connectivity index (χ1v) is 6.34. The van der Waals surface area contributed by atoms with Gasteiger partial charge in [-0.2, -0.15) is 4.98 Å². The van der Waals surface area contributed by atoms with Gasteiger partial charge < -0.3 is 16.2 Å². The number of nitrogens with zero attached hydrogens (tertiary/aromatic N) is 2. The summed E-state index contributed by atoms with van der Waals surface area (Å²) < 4.78 is 0.729. The third kappa shape index (κ3) is 4.87. The maximum absolute atomic E-state index is 10.2. The predicted octanol–water partition coefficient (Wildman–Crippen LogP) is 2.03. The fourth-order valence-electron chi connectivity index (χ4n) is 1.73. The Hall–Kier alpha value is -0.880. The Morgan fingerprint density at radius 3 is 2.82 bits per heavy atom. The van der Waals surface area contributed by atoms with Gasteiger partial charge in [0.25, 0.3) is 0 Å². The van der Waals surface area contributed by atoms with Crippen molar-refractivity contribution in [1.29, 1.82) is 0 Å². The van der Waals surface area contributed by atoms with Crippen LogP contribution in [0.1, 0.15) is 27.2 Å². The molecule has 0 saturated carbocycles. The predicted molar refractivity (Wildman–Crippen MR) is 72.7 cm³/mol. The normalized spacial score (nSPS) is 14.7. The summed E-state index contributed by atoms with van der Waals surface area (Å²) in [6.45, 7) is 6.37. The Kier molecular flexibility index (Phi) is 4.70. The highest BCUT2D eigenvalue weighted by Gasteiger charge is 2.22. The van der Waals surface area contributed by atoms with Gasteiger partial charge in [-0.1, -0.05) is 13.8 Å². The summed E-state index contributed by atoms with van der Waals surface area (Å²) >= 11 is 3.32. The van der Waals surface area contributed by atoms with Gasteiger partial charge in [-0.3, -0.25) is 0 Å². The fourth-order valence-corrected chi connectivity index (χ4v) is 2.06. The Labute approximate surface area is 110 Å². The number of nitrogens with one attached hydrogen (secondary N) is 1. The molecular formula is C11H19BrN4O. The zero-order valence-electron chi connectivity index (χ0n) is 10.4. The number of hydrogen-bond donors (Lipinski definition) is 3. The van der Waals surface area contributed by atoms with E-state index in [9.17, 15) is 5.11 Å². The molecule has 1 heterocycles. The molecule has 1 atom stereocenters. The lowest BCUT2D eigenvalue weighted by atomic mass is 9.94. The number of nitrogen functional groups attached to an aromatic ring is 1. The van der Waals surface area contributed by atoms with Gasteiger partial charge in [0.05, 0.1) is 10.1 Å². The van der Waals surface area contributed by atoms with Crippen molar-refractivity contribution in [3.8, 4) is 0 Å². The van der Waals surface area contributed by atoms with E-state index in [1.54, 1.807) is 13.1 Å². The van der Waals surface area contributed by atoms with Crippen LogP contribution in [0.5, 0.6) is 0 Å². The Morgan fingerprint density at radius 1 is 1.59 bits per heavy atom. The minimum atomic E-state index is -0.771. The molecule has 1 rings (SSSR count). The zero-order chi connectivity index (χ0) is 13.1. The second kappa shape index (κ2) is 5.64. The number of halogens is 1. The summed E-state index contributed by atoms with van der Waals surface area (Å²) in [5.74, 6) is 1.24. The molecule has 0 radical (unpaired) electrons. The molecule has 0 aliphatic heterocycles. The molecule has 1 aromatic heterocycles. The Morgan fingerprint density at radius 2 is 2.24 bits per heavy atom. The highest BCUT2D eigenvalue weighted by molar-refractivity contribution is 9.10. The molecular weight excluding hydrogens is 284 g/mol. The largest absolute Gasteiger partial charge is 0.388 e. The monoisotopic (exact) mass is 302 g/mol. The summed E-state index contributed by atoms with van der Waals surface area (Å²) in [6, 6.07) is 0. The first-order chi connectivity index (χ1) is 7.80. The topological polar surface area (TPSA) is 84.1 Å². The van der Waals surface area contributed by atoms with Crippen LogP contribution >= 0.6 is 15.9 Å². The van der Waals surface area contributed by atoms with Crippen molar-refractivity contribution in [2.75, 3.05) is 17.6 Å². The summed E-state index contributed by atoms with van der Waals surface area (Å²) in [7, 11) is 0. The summed E-state index contributed by atoms with van der Waals surface area (Å²) in [5, 5.41) is 13.2. The van der Waals surface area contributed by atoms with E-state index >= 15 is 0 Å². The van der Waals surface area contributed by atoms with E-state index in [4.69, 9.17) is 5.73 Å².